The second-order valence-electron chi connectivity index (χ2n) is 3.15. The molecular formula is C10H11FN2. The van der Waals surface area contributed by atoms with Crippen LogP contribution in [0.4, 0.5) is 4.39 Å². The van der Waals surface area contributed by atoms with E-state index >= 15 is 0 Å². The number of nitrogens with one attached hydrogen (secondary N) is 1. The average molecular weight is 178 g/mol. The molecule has 0 saturated carbocycles. The molecule has 0 fully saturated rings. The minimum atomic E-state index is -0.159. The fourth-order valence-corrected chi connectivity index (χ4v) is 1.68. The standard InChI is InChI=1S/C10H11FN2/c1-3-7-6(2)9(11)4-10-8(7)5-12-13-10/h4-5H,3H2,1-2H3,(H,12,13). The van der Waals surface area contributed by atoms with Crippen LogP contribution in [0.1, 0.15) is 18.1 Å². The molecule has 0 aliphatic rings. The van der Waals surface area contributed by atoms with Crippen LogP contribution < -0.4 is 0 Å². The lowest BCUT2D eigenvalue weighted by molar-refractivity contribution is 0.617. The van der Waals surface area contributed by atoms with Crippen LogP contribution in [0, 0.1) is 12.7 Å². The Labute approximate surface area is 75.8 Å². The molecule has 3 heteroatoms. The smallest absolute Gasteiger partial charge is 0.128 e. The molecular weight excluding hydrogens is 167 g/mol. The second kappa shape index (κ2) is 2.83. The van der Waals surface area contributed by atoms with Crippen LogP contribution in [0.2, 0.25) is 0 Å². The van der Waals surface area contributed by atoms with Crippen LogP contribution in [0.3, 0.4) is 0 Å². The maximum atomic E-state index is 13.3. The number of hydrogen-bond acceptors (Lipinski definition) is 1. The molecule has 0 unspecified atom stereocenters. The number of aromatic nitrogens is 2. The SMILES string of the molecule is CCc1c(C)c(F)cc2[nH]ncc12. The van der Waals surface area contributed by atoms with Crippen molar-refractivity contribution < 1.29 is 4.39 Å². The van der Waals surface area contributed by atoms with Crippen LogP contribution in [-0.4, -0.2) is 10.2 Å². The van der Waals surface area contributed by atoms with Crippen molar-refractivity contribution in [3.05, 3.63) is 29.2 Å². The molecule has 0 bridgehead atoms. The highest BCUT2D eigenvalue weighted by atomic mass is 19.1. The molecule has 0 aliphatic heterocycles. The number of nitrogens with zero attached hydrogens (tertiary/aromatic N) is 1. The van der Waals surface area contributed by atoms with Crippen molar-refractivity contribution in [1.82, 2.24) is 10.2 Å². The van der Waals surface area contributed by atoms with Gasteiger partial charge in [0.15, 0.2) is 0 Å². The summed E-state index contributed by atoms with van der Waals surface area (Å²) in [5.41, 5.74) is 2.56. The molecule has 0 aliphatic carbocycles. The van der Waals surface area contributed by atoms with Gasteiger partial charge in [0.1, 0.15) is 5.82 Å². The molecule has 0 amide bonds. The highest BCUT2D eigenvalue weighted by Gasteiger charge is 2.09. The largest absolute Gasteiger partial charge is 0.278 e. The number of halogens is 1. The predicted octanol–water partition coefficient (Wildman–Crippen LogP) is 2.57. The number of H-pyrrole nitrogens is 1. The molecule has 2 nitrogen and oxygen atoms in total. The quantitative estimate of drug-likeness (QED) is 0.714. The van der Waals surface area contributed by atoms with Gasteiger partial charge in [0.05, 0.1) is 11.7 Å². The maximum absolute atomic E-state index is 13.3. The normalized spacial score (nSPS) is 11.0. The lowest BCUT2D eigenvalue weighted by Gasteiger charge is -2.04. The van der Waals surface area contributed by atoms with Gasteiger partial charge >= 0.3 is 0 Å². The van der Waals surface area contributed by atoms with Gasteiger partial charge in [-0.25, -0.2) is 4.39 Å². The molecule has 13 heavy (non-hydrogen) atoms. The Morgan fingerprint density at radius 1 is 1.54 bits per heavy atom. The Hall–Kier alpha value is -1.38. The maximum Gasteiger partial charge on any atom is 0.128 e. The van der Waals surface area contributed by atoms with E-state index in [9.17, 15) is 4.39 Å². The lowest BCUT2D eigenvalue weighted by atomic mass is 10.0. The van der Waals surface area contributed by atoms with Gasteiger partial charge in [0.2, 0.25) is 0 Å². The van der Waals surface area contributed by atoms with E-state index in [4.69, 9.17) is 0 Å². The van der Waals surface area contributed by atoms with E-state index in [1.54, 1.807) is 13.1 Å². The van der Waals surface area contributed by atoms with Gasteiger partial charge in [-0.05, 0) is 30.5 Å². The monoisotopic (exact) mass is 178 g/mol. The molecule has 2 aromatic rings. The number of fused-ring (bicyclic) bond motifs is 1. The molecule has 1 aromatic heterocycles. The average Bonchev–Trinajstić information content (AvgIpc) is 2.54. The summed E-state index contributed by atoms with van der Waals surface area (Å²) in [4.78, 5) is 0. The van der Waals surface area contributed by atoms with Crippen molar-refractivity contribution in [2.24, 2.45) is 0 Å². The van der Waals surface area contributed by atoms with Crippen LogP contribution >= 0.6 is 0 Å². The van der Waals surface area contributed by atoms with Gasteiger partial charge in [-0.1, -0.05) is 6.92 Å². The van der Waals surface area contributed by atoms with Crippen LogP contribution in [0.25, 0.3) is 10.9 Å². The first-order valence-electron chi connectivity index (χ1n) is 4.35. The summed E-state index contributed by atoms with van der Waals surface area (Å²) in [5, 5.41) is 7.70. The zero-order chi connectivity index (χ0) is 9.42. The molecule has 1 heterocycles. The van der Waals surface area contributed by atoms with Crippen LogP contribution in [0.5, 0.6) is 0 Å². The van der Waals surface area contributed by atoms with Gasteiger partial charge in [0.25, 0.3) is 0 Å². The molecule has 2 rings (SSSR count). The van der Waals surface area contributed by atoms with Gasteiger partial charge in [0, 0.05) is 5.39 Å². The highest BCUT2D eigenvalue weighted by molar-refractivity contribution is 5.83. The van der Waals surface area contributed by atoms with Crippen molar-refractivity contribution in [2.45, 2.75) is 20.3 Å². The Morgan fingerprint density at radius 2 is 2.31 bits per heavy atom. The van der Waals surface area contributed by atoms with Crippen molar-refractivity contribution >= 4 is 10.9 Å². The number of hydrogen-bond donors (Lipinski definition) is 1. The molecule has 1 N–H and O–H groups in total. The van der Waals surface area contributed by atoms with E-state index in [2.05, 4.69) is 10.2 Å². The summed E-state index contributed by atoms with van der Waals surface area (Å²) < 4.78 is 13.3. The van der Waals surface area contributed by atoms with E-state index in [1.165, 1.54) is 6.07 Å². The minimum absolute atomic E-state index is 0.159. The van der Waals surface area contributed by atoms with E-state index in [-0.39, 0.29) is 5.82 Å². The summed E-state index contributed by atoms with van der Waals surface area (Å²) in [6, 6.07) is 1.50. The summed E-state index contributed by atoms with van der Waals surface area (Å²) >= 11 is 0. The topological polar surface area (TPSA) is 28.7 Å². The molecule has 0 radical (unpaired) electrons. The van der Waals surface area contributed by atoms with Crippen molar-refractivity contribution in [3.8, 4) is 0 Å². The molecule has 0 atom stereocenters. The van der Waals surface area contributed by atoms with Crippen molar-refractivity contribution in [1.29, 1.82) is 0 Å². The first-order valence-corrected chi connectivity index (χ1v) is 4.35. The Balaban J connectivity index is 2.87. The fraction of sp³-hybridized carbons (Fsp3) is 0.300. The Bertz CT molecular complexity index is 445. The van der Waals surface area contributed by atoms with Crippen LogP contribution in [-0.2, 0) is 6.42 Å². The summed E-state index contributed by atoms with van der Waals surface area (Å²) in [5.74, 6) is -0.159. The summed E-state index contributed by atoms with van der Waals surface area (Å²) in [6.45, 7) is 3.83. The highest BCUT2D eigenvalue weighted by Crippen LogP contribution is 2.23. The predicted molar refractivity (Wildman–Crippen MR) is 50.2 cm³/mol. The summed E-state index contributed by atoms with van der Waals surface area (Å²) in [6.07, 6.45) is 2.58. The van der Waals surface area contributed by atoms with E-state index < -0.39 is 0 Å². The lowest BCUT2D eigenvalue weighted by Crippen LogP contribution is -1.92. The number of aryl methyl sites for hydroxylation is 1. The van der Waals surface area contributed by atoms with E-state index in [0.717, 1.165) is 28.5 Å². The minimum Gasteiger partial charge on any atom is -0.278 e. The first-order chi connectivity index (χ1) is 6.24. The van der Waals surface area contributed by atoms with Crippen LogP contribution in [0.15, 0.2) is 12.3 Å². The van der Waals surface area contributed by atoms with Gasteiger partial charge in [-0.3, -0.25) is 5.10 Å². The third kappa shape index (κ3) is 1.11. The Morgan fingerprint density at radius 3 is 3.00 bits per heavy atom. The third-order valence-electron chi connectivity index (χ3n) is 2.43. The second-order valence-corrected chi connectivity index (χ2v) is 3.15. The van der Waals surface area contributed by atoms with E-state index in [1.807, 2.05) is 6.92 Å². The molecule has 1 aromatic carbocycles. The van der Waals surface area contributed by atoms with Crippen molar-refractivity contribution in [2.75, 3.05) is 0 Å². The third-order valence-corrected chi connectivity index (χ3v) is 2.43. The summed E-state index contributed by atoms with van der Waals surface area (Å²) in [7, 11) is 0. The molecule has 68 valence electrons. The first kappa shape index (κ1) is 8.23. The van der Waals surface area contributed by atoms with Gasteiger partial charge < -0.3 is 0 Å². The van der Waals surface area contributed by atoms with Gasteiger partial charge in [-0.15, -0.1) is 0 Å². The molecule has 0 saturated heterocycles. The molecule has 0 spiro atoms. The van der Waals surface area contributed by atoms with Crippen molar-refractivity contribution in [3.63, 3.8) is 0 Å². The Kier molecular flexibility index (Phi) is 1.79. The zero-order valence-corrected chi connectivity index (χ0v) is 7.69. The number of aromatic amines is 1. The van der Waals surface area contributed by atoms with Gasteiger partial charge in [-0.2, -0.15) is 5.10 Å². The number of benzene rings is 1. The zero-order valence-electron chi connectivity index (χ0n) is 7.69. The van der Waals surface area contributed by atoms with E-state index in [0.29, 0.717) is 0 Å². The fourth-order valence-electron chi connectivity index (χ4n) is 1.68. The number of rotatable bonds is 1.